The van der Waals surface area contributed by atoms with Gasteiger partial charge in [-0.3, -0.25) is 4.79 Å². The van der Waals surface area contributed by atoms with E-state index in [1.165, 1.54) is 6.33 Å². The lowest BCUT2D eigenvalue weighted by molar-refractivity contribution is -0.112. The molecule has 5 rings (SSSR count). The zero-order valence-corrected chi connectivity index (χ0v) is 19.9. The van der Waals surface area contributed by atoms with Gasteiger partial charge in [0.1, 0.15) is 23.0 Å². The number of hydrogen-bond acceptors (Lipinski definition) is 5. The Kier molecular flexibility index (Phi) is 5.63. The average Bonchev–Trinajstić information content (AvgIpc) is 3.64. The third-order valence-electron chi connectivity index (χ3n) is 6.00. The average molecular weight is 472 g/mol. The molecule has 0 spiro atoms. The Morgan fingerprint density at radius 2 is 1.76 bits per heavy atom. The van der Waals surface area contributed by atoms with Crippen molar-refractivity contribution in [3.8, 4) is 22.4 Å². The predicted octanol–water partition coefficient (Wildman–Crippen LogP) is 4.67. The van der Waals surface area contributed by atoms with E-state index in [0.717, 1.165) is 51.2 Å². The first-order valence-corrected chi connectivity index (χ1v) is 12.2. The van der Waals surface area contributed by atoms with Crippen molar-refractivity contribution in [3.63, 3.8) is 0 Å². The highest BCUT2D eigenvalue weighted by molar-refractivity contribution is 7.92. The summed E-state index contributed by atoms with van der Waals surface area (Å²) in [6.45, 7) is 5.35. The van der Waals surface area contributed by atoms with Gasteiger partial charge in [-0.05, 0) is 65.6 Å². The number of nitrogens with one attached hydrogen (secondary N) is 1. The minimum atomic E-state index is -0.963. The highest BCUT2D eigenvalue weighted by Gasteiger charge is 2.35. The zero-order valence-electron chi connectivity index (χ0n) is 19.0. The van der Waals surface area contributed by atoms with E-state index in [9.17, 15) is 9.35 Å². The number of aromatic nitrogens is 3. The molecule has 4 aromatic rings. The maximum atomic E-state index is 12.6. The molecule has 2 heterocycles. The Bertz CT molecular complexity index is 1410. The van der Waals surface area contributed by atoms with Gasteiger partial charge >= 0.3 is 0 Å². The van der Waals surface area contributed by atoms with Gasteiger partial charge in [0.15, 0.2) is 4.90 Å². The molecule has 8 heteroatoms. The molecule has 1 amide bonds. The highest BCUT2D eigenvalue weighted by atomic mass is 32.2. The highest BCUT2D eigenvalue weighted by Crippen LogP contribution is 2.42. The van der Waals surface area contributed by atoms with Gasteiger partial charge in [-0.15, -0.1) is 0 Å². The topological polar surface area (TPSA) is 109 Å². The predicted molar refractivity (Wildman–Crippen MR) is 137 cm³/mol. The van der Waals surface area contributed by atoms with Crippen molar-refractivity contribution in [2.24, 2.45) is 7.05 Å². The summed E-state index contributed by atoms with van der Waals surface area (Å²) in [5, 5.41) is 3.89. The molecule has 1 aliphatic carbocycles. The fraction of sp³-hybridized carbons (Fsp3) is 0.192. The van der Waals surface area contributed by atoms with E-state index in [-0.39, 0.29) is 11.2 Å². The number of nitrogens with two attached hydrogens (primary N) is 1. The van der Waals surface area contributed by atoms with Crippen LogP contribution in [0, 0.1) is 0 Å². The molecule has 1 unspecified atom stereocenters. The first-order valence-electron chi connectivity index (χ1n) is 11.0. The van der Waals surface area contributed by atoms with Gasteiger partial charge in [0.05, 0.1) is 11.1 Å². The molecular formula is C26H25N5O2S. The summed E-state index contributed by atoms with van der Waals surface area (Å²) in [5.74, 6) is 0.183. The number of hydrogen-bond donors (Lipinski definition) is 2. The second-order valence-corrected chi connectivity index (χ2v) is 10.3. The fourth-order valence-electron chi connectivity index (χ4n) is 4.07. The number of aryl methyl sites for hydroxylation is 1. The second kappa shape index (κ2) is 8.62. The van der Waals surface area contributed by atoms with Crippen LogP contribution in [0.5, 0.6) is 0 Å². The number of nitrogen functional groups attached to an aromatic ring is 1. The number of fused-ring (bicyclic) bond motifs is 1. The van der Waals surface area contributed by atoms with Gasteiger partial charge in [-0.1, -0.05) is 18.7 Å². The summed E-state index contributed by atoms with van der Waals surface area (Å²) in [6, 6.07) is 15.5. The van der Waals surface area contributed by atoms with Crippen molar-refractivity contribution in [1.29, 1.82) is 0 Å². The number of carbonyl (C=O) groups is 1. The maximum Gasteiger partial charge on any atom is 0.250 e. The minimum absolute atomic E-state index is 0.218. The number of carbonyl (C=O) groups excluding carboxylic acids is 1. The quantitative estimate of drug-likeness (QED) is 0.314. The third-order valence-corrected chi connectivity index (χ3v) is 7.82. The Morgan fingerprint density at radius 1 is 1.12 bits per heavy atom. The number of anilines is 2. The van der Waals surface area contributed by atoms with Gasteiger partial charge in [0.2, 0.25) is 0 Å². The van der Waals surface area contributed by atoms with E-state index in [4.69, 9.17) is 5.73 Å². The molecule has 0 radical (unpaired) electrons. The summed E-state index contributed by atoms with van der Waals surface area (Å²) in [5.41, 5.74) is 11.9. The Balaban J connectivity index is 1.62. The SMILES string of the molecule is C=C(C)C(=O)Nc1ccc(-c2c(-c3ccc([S+]([O-])C4CC4)cc3)c3c(N)ncnc3n2C)cc1. The van der Waals surface area contributed by atoms with E-state index < -0.39 is 11.2 Å². The Labute approximate surface area is 200 Å². The van der Waals surface area contributed by atoms with E-state index in [0.29, 0.717) is 17.1 Å². The Morgan fingerprint density at radius 3 is 2.38 bits per heavy atom. The van der Waals surface area contributed by atoms with Crippen LogP contribution in [-0.4, -0.2) is 30.2 Å². The standard InChI is InChI=1S/C26H25N5O2S/c1-15(2)26(32)30-18-8-4-17(5-9-18)23-21(22-24(27)28-14-29-25(22)31(23)3)16-6-10-19(11-7-16)34(33)20-12-13-20/h4-11,14,20H,1,12-13H2,2-3H3,(H,30,32)(H2,27,28,29). The summed E-state index contributed by atoms with van der Waals surface area (Å²) in [4.78, 5) is 21.5. The van der Waals surface area contributed by atoms with Crippen molar-refractivity contribution in [1.82, 2.24) is 14.5 Å². The lowest BCUT2D eigenvalue weighted by atomic mass is 9.98. The molecule has 0 bridgehead atoms. The molecule has 172 valence electrons. The largest absolute Gasteiger partial charge is 0.611 e. The number of amides is 1. The summed E-state index contributed by atoms with van der Waals surface area (Å²) in [6.07, 6.45) is 3.51. The van der Waals surface area contributed by atoms with Crippen LogP contribution in [0.25, 0.3) is 33.4 Å². The molecule has 2 aromatic carbocycles. The van der Waals surface area contributed by atoms with Crippen molar-refractivity contribution >= 4 is 39.6 Å². The van der Waals surface area contributed by atoms with Crippen LogP contribution < -0.4 is 11.1 Å². The van der Waals surface area contributed by atoms with Crippen LogP contribution in [0.4, 0.5) is 11.5 Å². The lowest BCUT2D eigenvalue weighted by Crippen LogP contribution is -2.11. The molecule has 2 aromatic heterocycles. The monoisotopic (exact) mass is 471 g/mol. The van der Waals surface area contributed by atoms with Crippen molar-refractivity contribution in [3.05, 3.63) is 67.0 Å². The number of benzene rings is 2. The number of rotatable bonds is 6. The first kappa shape index (κ1) is 22.2. The van der Waals surface area contributed by atoms with E-state index in [2.05, 4.69) is 21.9 Å². The van der Waals surface area contributed by atoms with Crippen LogP contribution in [0.3, 0.4) is 0 Å². The molecule has 1 fully saturated rings. The van der Waals surface area contributed by atoms with Crippen LogP contribution in [0.2, 0.25) is 0 Å². The van der Waals surface area contributed by atoms with Crippen LogP contribution in [0.15, 0.2) is 71.9 Å². The van der Waals surface area contributed by atoms with Crippen LogP contribution >= 0.6 is 0 Å². The van der Waals surface area contributed by atoms with E-state index in [1.807, 2.05) is 60.1 Å². The zero-order chi connectivity index (χ0) is 24.0. The molecule has 0 aliphatic heterocycles. The molecule has 3 N–H and O–H groups in total. The molecule has 34 heavy (non-hydrogen) atoms. The maximum absolute atomic E-state index is 12.6. The molecule has 0 saturated heterocycles. The minimum Gasteiger partial charge on any atom is -0.611 e. The smallest absolute Gasteiger partial charge is 0.250 e. The fourth-order valence-corrected chi connectivity index (χ4v) is 5.43. The Hall–Kier alpha value is -3.62. The van der Waals surface area contributed by atoms with Gasteiger partial charge in [-0.25, -0.2) is 9.97 Å². The van der Waals surface area contributed by atoms with E-state index in [1.54, 1.807) is 6.92 Å². The third kappa shape index (κ3) is 3.95. The van der Waals surface area contributed by atoms with Gasteiger partial charge in [0.25, 0.3) is 5.91 Å². The lowest BCUT2D eigenvalue weighted by Gasteiger charge is -2.12. The van der Waals surface area contributed by atoms with Gasteiger partial charge in [0, 0.05) is 36.7 Å². The summed E-state index contributed by atoms with van der Waals surface area (Å²) >= 11 is -0.963. The van der Waals surface area contributed by atoms with Crippen molar-refractivity contribution in [2.75, 3.05) is 11.1 Å². The molecule has 1 saturated carbocycles. The summed E-state index contributed by atoms with van der Waals surface area (Å²) < 4.78 is 14.6. The van der Waals surface area contributed by atoms with Crippen LogP contribution in [0.1, 0.15) is 19.8 Å². The van der Waals surface area contributed by atoms with Gasteiger partial charge < -0.3 is 20.2 Å². The van der Waals surface area contributed by atoms with Crippen molar-refractivity contribution in [2.45, 2.75) is 29.9 Å². The molecule has 1 aliphatic rings. The first-order chi connectivity index (χ1) is 16.3. The van der Waals surface area contributed by atoms with Crippen LogP contribution in [-0.2, 0) is 23.0 Å². The van der Waals surface area contributed by atoms with Crippen molar-refractivity contribution < 1.29 is 9.35 Å². The second-order valence-electron chi connectivity index (χ2n) is 8.57. The molecular weight excluding hydrogens is 446 g/mol. The molecule has 1 atom stereocenters. The normalized spacial score (nSPS) is 14.2. The number of nitrogens with zero attached hydrogens (tertiary/aromatic N) is 3. The van der Waals surface area contributed by atoms with Gasteiger partial charge in [-0.2, -0.15) is 0 Å². The molecule has 7 nitrogen and oxygen atoms in total. The van der Waals surface area contributed by atoms with E-state index >= 15 is 0 Å². The summed E-state index contributed by atoms with van der Waals surface area (Å²) in [7, 11) is 1.95.